The van der Waals surface area contributed by atoms with Crippen LogP contribution in [-0.2, 0) is 21.2 Å². The molecule has 1 N–H and O–H groups in total. The molecule has 0 saturated carbocycles. The standard InChI is InChI=1S/C21H26N4O4S/c1-2-18(15-26)20(29-16-17-9-5-3-6-10-17)13-14-30(27,28)21-22-23-24-25(21)19-11-7-4-8-12-19/h3-12,18,20,26H,2,13-16H2,1H3/t18-,20+/m1/s1. The van der Waals surface area contributed by atoms with Gasteiger partial charge >= 0.3 is 0 Å². The van der Waals surface area contributed by atoms with Gasteiger partial charge in [-0.05, 0) is 41.0 Å². The third-order valence-corrected chi connectivity index (χ3v) is 6.57. The third-order valence-electron chi connectivity index (χ3n) is 4.98. The lowest BCUT2D eigenvalue weighted by Gasteiger charge is -2.25. The smallest absolute Gasteiger partial charge is 0.272 e. The van der Waals surface area contributed by atoms with Crippen molar-refractivity contribution in [2.75, 3.05) is 12.4 Å². The summed E-state index contributed by atoms with van der Waals surface area (Å²) in [7, 11) is -3.76. The number of benzene rings is 2. The number of aliphatic hydroxyl groups excluding tert-OH is 1. The summed E-state index contributed by atoms with van der Waals surface area (Å²) in [6, 6.07) is 18.5. The predicted octanol–water partition coefficient (Wildman–Crippen LogP) is 2.43. The number of para-hydroxylation sites is 1. The number of hydrogen-bond donors (Lipinski definition) is 1. The number of ether oxygens (including phenoxy) is 1. The highest BCUT2D eigenvalue weighted by molar-refractivity contribution is 7.91. The van der Waals surface area contributed by atoms with Gasteiger partial charge in [0.25, 0.3) is 5.16 Å². The minimum Gasteiger partial charge on any atom is -0.396 e. The molecular weight excluding hydrogens is 404 g/mol. The monoisotopic (exact) mass is 430 g/mol. The first-order valence-electron chi connectivity index (χ1n) is 9.88. The molecule has 0 aliphatic heterocycles. The third kappa shape index (κ3) is 5.50. The highest BCUT2D eigenvalue weighted by Crippen LogP contribution is 2.21. The average molecular weight is 431 g/mol. The molecule has 2 aromatic carbocycles. The average Bonchev–Trinajstić information content (AvgIpc) is 3.28. The van der Waals surface area contributed by atoms with Crippen molar-refractivity contribution >= 4 is 9.84 Å². The van der Waals surface area contributed by atoms with Crippen LogP contribution in [0.25, 0.3) is 5.69 Å². The van der Waals surface area contributed by atoms with Gasteiger partial charge in [-0.15, -0.1) is 0 Å². The van der Waals surface area contributed by atoms with Crippen molar-refractivity contribution in [2.45, 2.75) is 37.6 Å². The van der Waals surface area contributed by atoms with Crippen LogP contribution in [-0.4, -0.2) is 52.2 Å². The molecule has 0 amide bonds. The Bertz CT molecular complexity index is 1010. The number of nitrogens with zero attached hydrogens (tertiary/aromatic N) is 4. The maximum absolute atomic E-state index is 13.0. The van der Waals surface area contributed by atoms with Crippen LogP contribution in [0.15, 0.2) is 65.8 Å². The van der Waals surface area contributed by atoms with Gasteiger partial charge in [0.1, 0.15) is 0 Å². The molecule has 2 atom stereocenters. The van der Waals surface area contributed by atoms with E-state index >= 15 is 0 Å². The van der Waals surface area contributed by atoms with Crippen molar-refractivity contribution in [2.24, 2.45) is 5.92 Å². The Hall–Kier alpha value is -2.62. The van der Waals surface area contributed by atoms with Crippen LogP contribution < -0.4 is 0 Å². The molecule has 3 rings (SSSR count). The molecule has 3 aromatic rings. The molecule has 0 saturated heterocycles. The molecular formula is C21H26N4O4S. The van der Waals surface area contributed by atoms with Crippen molar-refractivity contribution in [1.82, 2.24) is 20.2 Å². The fourth-order valence-corrected chi connectivity index (χ4v) is 4.50. The van der Waals surface area contributed by atoms with Gasteiger partial charge in [0, 0.05) is 12.5 Å². The van der Waals surface area contributed by atoms with Crippen LogP contribution in [0.5, 0.6) is 0 Å². The molecule has 0 aliphatic carbocycles. The van der Waals surface area contributed by atoms with Crippen molar-refractivity contribution in [3.63, 3.8) is 0 Å². The zero-order valence-electron chi connectivity index (χ0n) is 16.8. The molecule has 0 fully saturated rings. The fraction of sp³-hybridized carbons (Fsp3) is 0.381. The van der Waals surface area contributed by atoms with Crippen molar-refractivity contribution < 1.29 is 18.3 Å². The second kappa shape index (κ2) is 10.4. The van der Waals surface area contributed by atoms with Crippen LogP contribution in [0.2, 0.25) is 0 Å². The minimum atomic E-state index is -3.76. The van der Waals surface area contributed by atoms with Crippen LogP contribution >= 0.6 is 0 Å². The Labute approximate surface area is 176 Å². The maximum atomic E-state index is 13.0. The molecule has 9 heteroatoms. The molecule has 30 heavy (non-hydrogen) atoms. The number of sulfone groups is 1. The van der Waals surface area contributed by atoms with Gasteiger partial charge in [-0.1, -0.05) is 60.6 Å². The number of tetrazole rings is 1. The second-order valence-corrected chi connectivity index (χ2v) is 9.01. The first kappa shape index (κ1) is 22.1. The molecule has 0 spiro atoms. The molecule has 8 nitrogen and oxygen atoms in total. The van der Waals surface area contributed by atoms with E-state index in [2.05, 4.69) is 15.5 Å². The fourth-order valence-electron chi connectivity index (χ4n) is 3.21. The zero-order chi connectivity index (χ0) is 21.4. The van der Waals surface area contributed by atoms with Crippen LogP contribution in [0, 0.1) is 5.92 Å². The van der Waals surface area contributed by atoms with E-state index in [9.17, 15) is 13.5 Å². The van der Waals surface area contributed by atoms with E-state index in [0.29, 0.717) is 18.7 Å². The number of aliphatic hydroxyl groups is 1. The summed E-state index contributed by atoms with van der Waals surface area (Å²) < 4.78 is 33.2. The maximum Gasteiger partial charge on any atom is 0.272 e. The Morgan fingerprint density at radius 3 is 2.37 bits per heavy atom. The van der Waals surface area contributed by atoms with E-state index in [-0.39, 0.29) is 29.9 Å². The van der Waals surface area contributed by atoms with Crippen LogP contribution in [0.1, 0.15) is 25.3 Å². The Balaban J connectivity index is 1.73. The predicted molar refractivity (Wildman–Crippen MR) is 112 cm³/mol. The van der Waals surface area contributed by atoms with Gasteiger partial charge in [0.05, 0.1) is 24.2 Å². The van der Waals surface area contributed by atoms with Crippen molar-refractivity contribution in [3.8, 4) is 5.69 Å². The van der Waals surface area contributed by atoms with Gasteiger partial charge in [-0.3, -0.25) is 0 Å². The molecule has 0 aliphatic rings. The summed E-state index contributed by atoms with van der Waals surface area (Å²) in [5.41, 5.74) is 1.56. The lowest BCUT2D eigenvalue weighted by Crippen LogP contribution is -2.29. The van der Waals surface area contributed by atoms with Gasteiger partial charge < -0.3 is 9.84 Å². The van der Waals surface area contributed by atoms with Crippen molar-refractivity contribution in [3.05, 3.63) is 66.2 Å². The number of aromatic nitrogens is 4. The molecule has 160 valence electrons. The van der Waals surface area contributed by atoms with E-state index in [4.69, 9.17) is 4.74 Å². The first-order chi connectivity index (χ1) is 14.5. The summed E-state index contributed by atoms with van der Waals surface area (Å²) in [5, 5.41) is 20.7. The number of rotatable bonds is 11. The molecule has 1 aromatic heterocycles. The Morgan fingerprint density at radius 2 is 1.73 bits per heavy atom. The topological polar surface area (TPSA) is 107 Å². The molecule has 1 heterocycles. The van der Waals surface area contributed by atoms with Crippen molar-refractivity contribution in [1.29, 1.82) is 0 Å². The minimum absolute atomic E-state index is 0.0717. The van der Waals surface area contributed by atoms with E-state index < -0.39 is 15.9 Å². The summed E-state index contributed by atoms with van der Waals surface area (Å²) in [6.45, 7) is 2.23. The van der Waals surface area contributed by atoms with E-state index in [0.717, 1.165) is 5.56 Å². The Kier molecular flexibility index (Phi) is 7.67. The summed E-state index contributed by atoms with van der Waals surface area (Å²) >= 11 is 0. The zero-order valence-corrected chi connectivity index (χ0v) is 17.6. The summed E-state index contributed by atoms with van der Waals surface area (Å²) in [6.07, 6.45) is 0.504. The first-order valence-corrected chi connectivity index (χ1v) is 11.5. The molecule has 0 unspecified atom stereocenters. The van der Waals surface area contributed by atoms with Crippen LogP contribution in [0.3, 0.4) is 0 Å². The van der Waals surface area contributed by atoms with Gasteiger partial charge in [0.15, 0.2) is 0 Å². The normalized spacial score (nSPS) is 13.8. The summed E-state index contributed by atoms with van der Waals surface area (Å²) in [4.78, 5) is 0. The summed E-state index contributed by atoms with van der Waals surface area (Å²) in [5.74, 6) is -0.343. The highest BCUT2D eigenvalue weighted by Gasteiger charge is 2.28. The van der Waals surface area contributed by atoms with Gasteiger partial charge in [0.2, 0.25) is 9.84 Å². The van der Waals surface area contributed by atoms with E-state index in [1.54, 1.807) is 24.3 Å². The Morgan fingerprint density at radius 1 is 1.07 bits per heavy atom. The quantitative estimate of drug-likeness (QED) is 0.498. The second-order valence-electron chi connectivity index (χ2n) is 7.00. The lowest BCUT2D eigenvalue weighted by atomic mass is 9.98. The van der Waals surface area contributed by atoms with Crippen LogP contribution in [0.4, 0.5) is 0 Å². The number of hydrogen-bond acceptors (Lipinski definition) is 7. The lowest BCUT2D eigenvalue weighted by molar-refractivity contribution is -0.0190. The van der Waals surface area contributed by atoms with Gasteiger partial charge in [-0.25, -0.2) is 8.42 Å². The molecule has 0 bridgehead atoms. The SMILES string of the molecule is CC[C@H](CO)[C@H](CCS(=O)(=O)c1nnnn1-c1ccccc1)OCc1ccccc1. The van der Waals surface area contributed by atoms with E-state index in [1.807, 2.05) is 43.3 Å². The van der Waals surface area contributed by atoms with Gasteiger partial charge in [-0.2, -0.15) is 4.68 Å². The largest absolute Gasteiger partial charge is 0.396 e. The molecule has 0 radical (unpaired) electrons. The highest BCUT2D eigenvalue weighted by atomic mass is 32.2. The van der Waals surface area contributed by atoms with E-state index in [1.165, 1.54) is 4.68 Å².